The van der Waals surface area contributed by atoms with Crippen LogP contribution in [-0.4, -0.2) is 9.55 Å². The van der Waals surface area contributed by atoms with E-state index in [-0.39, 0.29) is 5.43 Å². The second-order valence-corrected chi connectivity index (χ2v) is 6.60. The van der Waals surface area contributed by atoms with E-state index in [2.05, 4.69) is 46.8 Å². The van der Waals surface area contributed by atoms with Gasteiger partial charge in [-0.15, -0.1) is 0 Å². The standard InChI is InChI=1S/C23H18N2O/c1-2-25-13-12-18-21(25)11-10-19-23(18)22(26)14-20(24-19)17-9-5-7-15-6-3-4-8-16(15)17/h3-14H,2H2,1H3,(H,24,26). The quantitative estimate of drug-likeness (QED) is 0.464. The van der Waals surface area contributed by atoms with E-state index in [1.165, 1.54) is 5.39 Å². The van der Waals surface area contributed by atoms with Crippen molar-refractivity contribution >= 4 is 32.6 Å². The first-order valence-electron chi connectivity index (χ1n) is 8.89. The number of fused-ring (bicyclic) bond motifs is 4. The molecule has 0 saturated carbocycles. The Labute approximate surface area is 150 Å². The second kappa shape index (κ2) is 5.60. The van der Waals surface area contributed by atoms with E-state index in [9.17, 15) is 4.79 Å². The van der Waals surface area contributed by atoms with Crippen molar-refractivity contribution < 1.29 is 0 Å². The molecule has 3 nitrogen and oxygen atoms in total. The first-order chi connectivity index (χ1) is 12.8. The number of pyridine rings is 1. The number of aryl methyl sites for hydroxylation is 1. The summed E-state index contributed by atoms with van der Waals surface area (Å²) < 4.78 is 2.16. The van der Waals surface area contributed by atoms with Crippen LogP contribution in [0, 0.1) is 0 Å². The number of aromatic nitrogens is 2. The molecule has 2 heterocycles. The summed E-state index contributed by atoms with van der Waals surface area (Å²) in [7, 11) is 0. The number of benzene rings is 3. The molecule has 0 amide bonds. The van der Waals surface area contributed by atoms with Crippen molar-refractivity contribution in [3.63, 3.8) is 0 Å². The topological polar surface area (TPSA) is 37.8 Å². The largest absolute Gasteiger partial charge is 0.354 e. The number of hydrogen-bond acceptors (Lipinski definition) is 1. The van der Waals surface area contributed by atoms with Crippen LogP contribution < -0.4 is 5.43 Å². The van der Waals surface area contributed by atoms with Crippen molar-refractivity contribution in [3.05, 3.63) is 83.2 Å². The predicted octanol–water partition coefficient (Wildman–Crippen LogP) is 5.32. The number of aromatic amines is 1. The first-order valence-corrected chi connectivity index (χ1v) is 8.89. The smallest absolute Gasteiger partial charge is 0.190 e. The minimum Gasteiger partial charge on any atom is -0.354 e. The molecular weight excluding hydrogens is 320 g/mol. The molecule has 0 saturated heterocycles. The van der Waals surface area contributed by atoms with Crippen molar-refractivity contribution in [3.8, 4) is 11.3 Å². The summed E-state index contributed by atoms with van der Waals surface area (Å²) in [5.41, 5.74) is 3.94. The molecule has 0 aliphatic heterocycles. The molecule has 0 unspecified atom stereocenters. The van der Waals surface area contributed by atoms with E-state index in [1.807, 2.05) is 36.5 Å². The van der Waals surface area contributed by atoms with Gasteiger partial charge in [0.15, 0.2) is 5.43 Å². The molecule has 3 heteroatoms. The van der Waals surface area contributed by atoms with Crippen LogP contribution in [0.1, 0.15) is 6.92 Å². The Morgan fingerprint density at radius 1 is 0.923 bits per heavy atom. The molecule has 1 N–H and O–H groups in total. The van der Waals surface area contributed by atoms with Gasteiger partial charge in [0.2, 0.25) is 0 Å². The molecule has 0 spiro atoms. The zero-order valence-electron chi connectivity index (χ0n) is 14.5. The van der Waals surface area contributed by atoms with Gasteiger partial charge in [0.25, 0.3) is 0 Å². The first kappa shape index (κ1) is 15.0. The third kappa shape index (κ3) is 2.10. The third-order valence-corrected chi connectivity index (χ3v) is 5.16. The lowest BCUT2D eigenvalue weighted by molar-refractivity contribution is 0.798. The van der Waals surface area contributed by atoms with E-state index in [1.54, 1.807) is 6.07 Å². The van der Waals surface area contributed by atoms with Crippen LogP contribution >= 0.6 is 0 Å². The Bertz CT molecular complexity index is 1340. The summed E-state index contributed by atoms with van der Waals surface area (Å²) in [4.78, 5) is 16.5. The van der Waals surface area contributed by atoms with Gasteiger partial charge >= 0.3 is 0 Å². The monoisotopic (exact) mass is 338 g/mol. The molecule has 5 aromatic rings. The van der Waals surface area contributed by atoms with Crippen molar-refractivity contribution in [2.75, 3.05) is 0 Å². The summed E-state index contributed by atoms with van der Waals surface area (Å²) in [6.45, 7) is 3.00. The fraction of sp³-hybridized carbons (Fsp3) is 0.0870. The van der Waals surface area contributed by atoms with Gasteiger partial charge in [-0.2, -0.15) is 0 Å². The Morgan fingerprint density at radius 2 is 1.77 bits per heavy atom. The van der Waals surface area contributed by atoms with Crippen LogP contribution in [-0.2, 0) is 6.54 Å². The van der Waals surface area contributed by atoms with Gasteiger partial charge in [-0.05, 0) is 35.9 Å². The Kier molecular flexibility index (Phi) is 3.22. The zero-order valence-corrected chi connectivity index (χ0v) is 14.5. The molecule has 126 valence electrons. The minimum atomic E-state index is 0.0566. The lowest BCUT2D eigenvalue weighted by Crippen LogP contribution is -2.04. The lowest BCUT2D eigenvalue weighted by Gasteiger charge is -2.09. The maximum Gasteiger partial charge on any atom is 0.190 e. The van der Waals surface area contributed by atoms with Gasteiger partial charge in [-0.1, -0.05) is 42.5 Å². The van der Waals surface area contributed by atoms with Crippen LogP contribution in [0.2, 0.25) is 0 Å². The fourth-order valence-electron chi connectivity index (χ4n) is 3.91. The van der Waals surface area contributed by atoms with Crippen molar-refractivity contribution in [2.45, 2.75) is 13.5 Å². The number of rotatable bonds is 2. The maximum atomic E-state index is 13.0. The molecule has 0 atom stereocenters. The van der Waals surface area contributed by atoms with Gasteiger partial charge in [0.05, 0.1) is 16.6 Å². The zero-order chi connectivity index (χ0) is 17.7. The Morgan fingerprint density at radius 3 is 2.65 bits per heavy atom. The van der Waals surface area contributed by atoms with Gasteiger partial charge in [-0.25, -0.2) is 0 Å². The molecule has 0 aliphatic carbocycles. The molecule has 0 fully saturated rings. The molecule has 3 aromatic carbocycles. The second-order valence-electron chi connectivity index (χ2n) is 6.60. The van der Waals surface area contributed by atoms with Gasteiger partial charge in [0, 0.05) is 35.3 Å². The van der Waals surface area contributed by atoms with E-state index < -0.39 is 0 Å². The van der Waals surface area contributed by atoms with E-state index in [0.717, 1.165) is 45.0 Å². The summed E-state index contributed by atoms with van der Waals surface area (Å²) in [5.74, 6) is 0. The molecule has 5 rings (SSSR count). The molecule has 0 radical (unpaired) electrons. The number of hydrogen-bond donors (Lipinski definition) is 1. The van der Waals surface area contributed by atoms with Crippen LogP contribution in [0.5, 0.6) is 0 Å². The Hall–Kier alpha value is -3.33. The lowest BCUT2D eigenvalue weighted by atomic mass is 10.0. The molecule has 2 aromatic heterocycles. The highest BCUT2D eigenvalue weighted by Gasteiger charge is 2.11. The Balaban J connectivity index is 1.83. The summed E-state index contributed by atoms with van der Waals surface area (Å²) in [6.07, 6.45) is 2.04. The predicted molar refractivity (Wildman–Crippen MR) is 109 cm³/mol. The molecule has 0 bridgehead atoms. The number of nitrogens with zero attached hydrogens (tertiary/aromatic N) is 1. The van der Waals surface area contributed by atoms with E-state index >= 15 is 0 Å². The number of H-pyrrole nitrogens is 1. The van der Waals surface area contributed by atoms with Crippen LogP contribution in [0.3, 0.4) is 0 Å². The SMILES string of the molecule is CCn1ccc2c3c(=O)cc(-c4cccc5ccccc45)[nH]c3ccc21. The van der Waals surface area contributed by atoms with Crippen LogP contribution in [0.25, 0.3) is 43.8 Å². The summed E-state index contributed by atoms with van der Waals surface area (Å²) in [5, 5.41) is 4.08. The average molecular weight is 338 g/mol. The maximum absolute atomic E-state index is 13.0. The van der Waals surface area contributed by atoms with Crippen molar-refractivity contribution in [2.24, 2.45) is 0 Å². The van der Waals surface area contributed by atoms with Crippen LogP contribution in [0.15, 0.2) is 77.7 Å². The van der Waals surface area contributed by atoms with Crippen molar-refractivity contribution in [1.29, 1.82) is 0 Å². The van der Waals surface area contributed by atoms with Gasteiger partial charge in [-0.3, -0.25) is 4.79 Å². The normalized spacial score (nSPS) is 11.6. The van der Waals surface area contributed by atoms with Gasteiger partial charge < -0.3 is 9.55 Å². The molecule has 0 aliphatic rings. The highest BCUT2D eigenvalue weighted by molar-refractivity contribution is 6.06. The van der Waals surface area contributed by atoms with Crippen molar-refractivity contribution in [1.82, 2.24) is 9.55 Å². The third-order valence-electron chi connectivity index (χ3n) is 5.16. The van der Waals surface area contributed by atoms with Crippen LogP contribution in [0.4, 0.5) is 0 Å². The average Bonchev–Trinajstić information content (AvgIpc) is 3.10. The molecular formula is C23H18N2O. The number of nitrogens with one attached hydrogen (secondary N) is 1. The summed E-state index contributed by atoms with van der Waals surface area (Å²) in [6, 6.07) is 22.3. The minimum absolute atomic E-state index is 0.0566. The molecule has 26 heavy (non-hydrogen) atoms. The highest BCUT2D eigenvalue weighted by Crippen LogP contribution is 2.29. The fourth-order valence-corrected chi connectivity index (χ4v) is 3.91. The van der Waals surface area contributed by atoms with Gasteiger partial charge in [0.1, 0.15) is 0 Å². The highest BCUT2D eigenvalue weighted by atomic mass is 16.1. The van der Waals surface area contributed by atoms with E-state index in [4.69, 9.17) is 0 Å². The summed E-state index contributed by atoms with van der Waals surface area (Å²) >= 11 is 0. The van der Waals surface area contributed by atoms with E-state index in [0.29, 0.717) is 0 Å².